The van der Waals surface area contributed by atoms with Gasteiger partial charge in [0.2, 0.25) is 0 Å². The van der Waals surface area contributed by atoms with Gasteiger partial charge in [-0.05, 0) is 37.3 Å². The number of rotatable bonds is 8. The lowest BCUT2D eigenvalue weighted by Crippen LogP contribution is -2.27. The molecule has 0 aliphatic carbocycles. The van der Waals surface area contributed by atoms with E-state index in [0.717, 1.165) is 12.2 Å². The number of benzene rings is 2. The van der Waals surface area contributed by atoms with Crippen LogP contribution in [0.2, 0.25) is 0 Å². The lowest BCUT2D eigenvalue weighted by atomic mass is 10.2. The first-order chi connectivity index (χ1) is 13.4. The number of non-ortho nitro benzene ring substituents is 1. The number of nitro groups is 1. The Morgan fingerprint density at radius 3 is 2.54 bits per heavy atom. The zero-order chi connectivity index (χ0) is 20.5. The number of ether oxygens (including phenoxy) is 1. The third-order valence-electron chi connectivity index (χ3n) is 3.85. The molecule has 9 heteroatoms. The molecule has 0 spiro atoms. The summed E-state index contributed by atoms with van der Waals surface area (Å²) in [7, 11) is 0. The van der Waals surface area contributed by atoms with E-state index in [2.05, 4.69) is 10.2 Å². The van der Waals surface area contributed by atoms with Crippen molar-refractivity contribution >= 4 is 28.7 Å². The summed E-state index contributed by atoms with van der Waals surface area (Å²) in [6.45, 7) is 5.00. The normalized spacial score (nSPS) is 10.5. The standard InChI is InChI=1S/C19H19N5O4/c1-3-23(10-11-28-14(2)25)17-6-4-16(5-7-17)21-22-19-9-8-18(24(26)27)12-15(19)13-20/h4-9,12H,3,10-11H2,1-2H3. The average molecular weight is 381 g/mol. The predicted octanol–water partition coefficient (Wildman–Crippen LogP) is 4.27. The third-order valence-corrected chi connectivity index (χ3v) is 3.85. The zero-order valence-corrected chi connectivity index (χ0v) is 15.5. The fraction of sp³-hybridized carbons (Fsp3) is 0.263. The molecule has 0 aliphatic rings. The van der Waals surface area contributed by atoms with Crippen LogP contribution in [0.5, 0.6) is 0 Å². The summed E-state index contributed by atoms with van der Waals surface area (Å²) in [6.07, 6.45) is 0. The minimum atomic E-state index is -0.568. The van der Waals surface area contributed by atoms with Crippen molar-refractivity contribution < 1.29 is 14.5 Å². The third kappa shape index (κ3) is 5.60. The SMILES string of the molecule is CCN(CCOC(C)=O)c1ccc(N=Nc2ccc([N+](=O)[O-])cc2C#N)cc1. The molecular formula is C19H19N5O4. The number of hydrogen-bond donors (Lipinski definition) is 0. The van der Waals surface area contributed by atoms with Crippen molar-refractivity contribution in [3.05, 3.63) is 58.1 Å². The predicted molar refractivity (Wildman–Crippen MR) is 103 cm³/mol. The second kappa shape index (κ2) is 9.78. The number of anilines is 1. The molecule has 0 radical (unpaired) electrons. The fourth-order valence-corrected chi connectivity index (χ4v) is 2.43. The number of nitriles is 1. The first-order valence-electron chi connectivity index (χ1n) is 8.53. The van der Waals surface area contributed by atoms with Crippen molar-refractivity contribution in [2.75, 3.05) is 24.6 Å². The van der Waals surface area contributed by atoms with E-state index in [-0.39, 0.29) is 22.9 Å². The van der Waals surface area contributed by atoms with E-state index in [1.54, 1.807) is 12.1 Å². The molecule has 0 bridgehead atoms. The molecule has 9 nitrogen and oxygen atoms in total. The van der Waals surface area contributed by atoms with Crippen LogP contribution in [0, 0.1) is 21.4 Å². The zero-order valence-electron chi connectivity index (χ0n) is 15.5. The minimum absolute atomic E-state index is 0.0807. The van der Waals surface area contributed by atoms with E-state index in [1.165, 1.54) is 25.1 Å². The van der Waals surface area contributed by atoms with Gasteiger partial charge in [0.05, 0.1) is 22.7 Å². The number of nitrogens with zero attached hydrogens (tertiary/aromatic N) is 5. The van der Waals surface area contributed by atoms with Crippen molar-refractivity contribution in [3.63, 3.8) is 0 Å². The minimum Gasteiger partial charge on any atom is -0.464 e. The van der Waals surface area contributed by atoms with Crippen LogP contribution in [0.1, 0.15) is 19.4 Å². The summed E-state index contributed by atoms with van der Waals surface area (Å²) in [5.74, 6) is -0.310. The van der Waals surface area contributed by atoms with Crippen molar-refractivity contribution in [1.29, 1.82) is 5.26 Å². The van der Waals surface area contributed by atoms with Crippen LogP contribution in [-0.2, 0) is 9.53 Å². The summed E-state index contributed by atoms with van der Waals surface area (Å²) < 4.78 is 4.97. The second-order valence-corrected chi connectivity index (χ2v) is 5.71. The summed E-state index contributed by atoms with van der Waals surface area (Å²) in [6, 6.07) is 13.0. The Kier molecular flexibility index (Phi) is 7.16. The highest BCUT2D eigenvalue weighted by Gasteiger charge is 2.10. The van der Waals surface area contributed by atoms with E-state index < -0.39 is 4.92 Å². The largest absolute Gasteiger partial charge is 0.464 e. The molecule has 0 atom stereocenters. The number of nitro benzene ring substituents is 1. The molecule has 2 rings (SSSR count). The lowest BCUT2D eigenvalue weighted by molar-refractivity contribution is -0.384. The van der Waals surface area contributed by atoms with Gasteiger partial charge in [-0.3, -0.25) is 14.9 Å². The van der Waals surface area contributed by atoms with Crippen molar-refractivity contribution in [1.82, 2.24) is 0 Å². The summed E-state index contributed by atoms with van der Waals surface area (Å²) in [5.41, 5.74) is 1.68. The molecule has 0 amide bonds. The molecule has 0 fully saturated rings. The number of esters is 1. The molecule has 0 unspecified atom stereocenters. The van der Waals surface area contributed by atoms with Crippen LogP contribution in [0.25, 0.3) is 0 Å². The maximum Gasteiger partial charge on any atom is 0.302 e. The Bertz CT molecular complexity index is 919. The van der Waals surface area contributed by atoms with Crippen LogP contribution in [0.3, 0.4) is 0 Å². The van der Waals surface area contributed by atoms with Crippen LogP contribution in [-0.4, -0.2) is 30.6 Å². The molecular weight excluding hydrogens is 362 g/mol. The van der Waals surface area contributed by atoms with Crippen LogP contribution in [0.15, 0.2) is 52.7 Å². The number of carbonyl (C=O) groups is 1. The molecule has 0 N–H and O–H groups in total. The number of hydrogen-bond acceptors (Lipinski definition) is 8. The highest BCUT2D eigenvalue weighted by molar-refractivity contribution is 5.66. The molecule has 28 heavy (non-hydrogen) atoms. The monoisotopic (exact) mass is 381 g/mol. The van der Waals surface area contributed by atoms with Crippen molar-refractivity contribution in [2.45, 2.75) is 13.8 Å². The molecule has 2 aromatic rings. The maximum absolute atomic E-state index is 10.9. The van der Waals surface area contributed by atoms with Gasteiger partial charge in [0, 0.05) is 31.3 Å². The van der Waals surface area contributed by atoms with Crippen molar-refractivity contribution in [3.8, 4) is 6.07 Å². The van der Waals surface area contributed by atoms with E-state index in [1.807, 2.05) is 30.0 Å². The molecule has 0 heterocycles. The number of carbonyl (C=O) groups excluding carboxylic acids is 1. The Labute approximate surface area is 162 Å². The van der Waals surface area contributed by atoms with Crippen LogP contribution in [0.4, 0.5) is 22.7 Å². The maximum atomic E-state index is 10.9. The highest BCUT2D eigenvalue weighted by atomic mass is 16.6. The Hall–Kier alpha value is -3.80. The highest BCUT2D eigenvalue weighted by Crippen LogP contribution is 2.27. The Morgan fingerprint density at radius 2 is 1.96 bits per heavy atom. The molecule has 0 saturated carbocycles. The van der Waals surface area contributed by atoms with Gasteiger partial charge in [-0.1, -0.05) is 0 Å². The van der Waals surface area contributed by atoms with Gasteiger partial charge < -0.3 is 9.64 Å². The van der Waals surface area contributed by atoms with Crippen LogP contribution < -0.4 is 4.90 Å². The topological polar surface area (TPSA) is 121 Å². The number of likely N-dealkylation sites (N-methyl/N-ethyl adjacent to an activating group) is 1. The van der Waals surface area contributed by atoms with Gasteiger partial charge in [-0.15, -0.1) is 5.11 Å². The molecule has 2 aromatic carbocycles. The first kappa shape index (κ1) is 20.5. The Morgan fingerprint density at radius 1 is 1.25 bits per heavy atom. The van der Waals surface area contributed by atoms with E-state index in [9.17, 15) is 14.9 Å². The molecule has 144 valence electrons. The summed E-state index contributed by atoms with van der Waals surface area (Å²) in [5, 5.41) is 28.0. The van der Waals surface area contributed by atoms with Crippen molar-refractivity contribution in [2.24, 2.45) is 10.2 Å². The molecule has 0 aliphatic heterocycles. The van der Waals surface area contributed by atoms with Gasteiger partial charge in [0.25, 0.3) is 5.69 Å². The first-order valence-corrected chi connectivity index (χ1v) is 8.53. The number of azo groups is 1. The quantitative estimate of drug-likeness (QED) is 0.291. The average Bonchev–Trinajstić information content (AvgIpc) is 2.69. The van der Waals surface area contributed by atoms with Gasteiger partial charge in [0.1, 0.15) is 18.4 Å². The van der Waals surface area contributed by atoms with Gasteiger partial charge in [-0.2, -0.15) is 10.4 Å². The second-order valence-electron chi connectivity index (χ2n) is 5.71. The van der Waals surface area contributed by atoms with Gasteiger partial charge in [0.15, 0.2) is 0 Å². The van der Waals surface area contributed by atoms with E-state index >= 15 is 0 Å². The fourth-order valence-electron chi connectivity index (χ4n) is 2.43. The Balaban J connectivity index is 2.10. The summed E-state index contributed by atoms with van der Waals surface area (Å²) >= 11 is 0. The lowest BCUT2D eigenvalue weighted by Gasteiger charge is -2.22. The van der Waals surface area contributed by atoms with E-state index in [4.69, 9.17) is 10.00 Å². The molecule has 0 aromatic heterocycles. The van der Waals surface area contributed by atoms with Crippen LogP contribution >= 0.6 is 0 Å². The smallest absolute Gasteiger partial charge is 0.302 e. The molecule has 0 saturated heterocycles. The van der Waals surface area contributed by atoms with Gasteiger partial charge in [-0.25, -0.2) is 0 Å². The summed E-state index contributed by atoms with van der Waals surface area (Å²) in [4.78, 5) is 23.1. The van der Waals surface area contributed by atoms with Gasteiger partial charge >= 0.3 is 5.97 Å². The van der Waals surface area contributed by atoms with E-state index in [0.29, 0.717) is 18.8 Å².